The number of piperidine rings is 1. The first-order valence-corrected chi connectivity index (χ1v) is 9.50. The van der Waals surface area contributed by atoms with Gasteiger partial charge in [0, 0.05) is 37.8 Å². The Balaban J connectivity index is 1.71. The van der Waals surface area contributed by atoms with E-state index in [0.717, 1.165) is 12.1 Å². The summed E-state index contributed by atoms with van der Waals surface area (Å²) in [5.41, 5.74) is -0.434. The standard InChI is InChI=1S/C21H19F3N4O3/c1-26(17-5-2-14(13-25)3-6-17)20(29)15-8-10-27(11-9-15)18-7-4-16(21(22,23)24)12-19(18)28(30)31/h2-7,12,15H,8-11H2,1H3. The third-order valence-electron chi connectivity index (χ3n) is 5.40. The van der Waals surface area contributed by atoms with Crippen LogP contribution in [0.4, 0.5) is 30.2 Å². The lowest BCUT2D eigenvalue weighted by Crippen LogP contribution is -2.41. The number of hydrogen-bond acceptors (Lipinski definition) is 5. The summed E-state index contributed by atoms with van der Waals surface area (Å²) >= 11 is 0. The predicted octanol–water partition coefficient (Wildman–Crippen LogP) is 4.36. The van der Waals surface area contributed by atoms with Crippen LogP contribution < -0.4 is 9.80 Å². The van der Waals surface area contributed by atoms with Crippen LogP contribution in [0.25, 0.3) is 0 Å². The van der Waals surface area contributed by atoms with Crippen molar-refractivity contribution < 1.29 is 22.9 Å². The minimum absolute atomic E-state index is 0.115. The van der Waals surface area contributed by atoms with E-state index in [2.05, 4.69) is 0 Å². The fourth-order valence-corrected chi connectivity index (χ4v) is 3.64. The van der Waals surface area contributed by atoms with E-state index in [0.29, 0.717) is 43.2 Å². The van der Waals surface area contributed by atoms with Gasteiger partial charge in [0.1, 0.15) is 5.69 Å². The lowest BCUT2D eigenvalue weighted by Gasteiger charge is -2.34. The van der Waals surface area contributed by atoms with E-state index < -0.39 is 22.4 Å². The van der Waals surface area contributed by atoms with Gasteiger partial charge in [-0.15, -0.1) is 0 Å². The maximum Gasteiger partial charge on any atom is 0.416 e. The Morgan fingerprint density at radius 2 is 1.81 bits per heavy atom. The lowest BCUT2D eigenvalue weighted by molar-refractivity contribution is -0.384. The summed E-state index contributed by atoms with van der Waals surface area (Å²) in [4.78, 5) is 26.5. The Morgan fingerprint density at radius 1 is 1.19 bits per heavy atom. The van der Waals surface area contributed by atoms with E-state index >= 15 is 0 Å². The van der Waals surface area contributed by atoms with E-state index in [9.17, 15) is 28.1 Å². The Hall–Kier alpha value is -3.61. The van der Waals surface area contributed by atoms with Gasteiger partial charge in [-0.1, -0.05) is 0 Å². The Kier molecular flexibility index (Phi) is 6.15. The molecule has 0 bridgehead atoms. The van der Waals surface area contributed by atoms with Gasteiger partial charge in [0.25, 0.3) is 5.69 Å². The molecule has 0 spiro atoms. The van der Waals surface area contributed by atoms with Gasteiger partial charge in [0.2, 0.25) is 5.91 Å². The normalized spacial score (nSPS) is 14.7. The molecule has 10 heteroatoms. The highest BCUT2D eigenvalue weighted by Crippen LogP contribution is 2.38. The van der Waals surface area contributed by atoms with Gasteiger partial charge in [-0.25, -0.2) is 0 Å². The number of halogens is 3. The maximum absolute atomic E-state index is 12.9. The van der Waals surface area contributed by atoms with Crippen molar-refractivity contribution in [2.24, 2.45) is 5.92 Å². The molecular formula is C21H19F3N4O3. The molecule has 0 radical (unpaired) electrons. The van der Waals surface area contributed by atoms with E-state index in [1.54, 1.807) is 36.2 Å². The number of nitro benzene ring substituents is 1. The van der Waals surface area contributed by atoms with Gasteiger partial charge in [-0.2, -0.15) is 18.4 Å². The summed E-state index contributed by atoms with van der Waals surface area (Å²) in [6.07, 6.45) is -3.84. The van der Waals surface area contributed by atoms with Crippen molar-refractivity contribution in [1.29, 1.82) is 5.26 Å². The van der Waals surface area contributed by atoms with Crippen LogP contribution in [0, 0.1) is 27.4 Å². The molecule has 31 heavy (non-hydrogen) atoms. The molecule has 0 aromatic heterocycles. The van der Waals surface area contributed by atoms with Crippen LogP contribution in [0.3, 0.4) is 0 Å². The number of nitro groups is 1. The lowest BCUT2D eigenvalue weighted by atomic mass is 9.94. The second kappa shape index (κ2) is 8.63. The zero-order valence-electron chi connectivity index (χ0n) is 16.6. The van der Waals surface area contributed by atoms with Crippen molar-refractivity contribution in [3.63, 3.8) is 0 Å². The number of amides is 1. The van der Waals surface area contributed by atoms with E-state index in [1.807, 2.05) is 6.07 Å². The van der Waals surface area contributed by atoms with E-state index in [-0.39, 0.29) is 17.5 Å². The van der Waals surface area contributed by atoms with Crippen molar-refractivity contribution >= 4 is 23.0 Å². The van der Waals surface area contributed by atoms with Gasteiger partial charge in [0.15, 0.2) is 0 Å². The maximum atomic E-state index is 12.9. The van der Waals surface area contributed by atoms with Crippen molar-refractivity contribution in [2.75, 3.05) is 29.9 Å². The summed E-state index contributed by atoms with van der Waals surface area (Å²) in [6, 6.07) is 11.1. The predicted molar refractivity (Wildman–Crippen MR) is 108 cm³/mol. The highest BCUT2D eigenvalue weighted by molar-refractivity contribution is 5.94. The highest BCUT2D eigenvalue weighted by atomic mass is 19.4. The molecule has 7 nitrogen and oxygen atoms in total. The van der Waals surface area contributed by atoms with Crippen LogP contribution in [0.15, 0.2) is 42.5 Å². The number of anilines is 2. The number of carbonyl (C=O) groups excluding carboxylic acids is 1. The van der Waals surface area contributed by atoms with Crippen LogP contribution in [-0.4, -0.2) is 31.0 Å². The fourth-order valence-electron chi connectivity index (χ4n) is 3.64. The first-order valence-electron chi connectivity index (χ1n) is 9.50. The summed E-state index contributed by atoms with van der Waals surface area (Å²) < 4.78 is 38.7. The molecule has 3 rings (SSSR count). The summed E-state index contributed by atoms with van der Waals surface area (Å²) in [5, 5.41) is 20.2. The average molecular weight is 432 g/mol. The Morgan fingerprint density at radius 3 is 2.32 bits per heavy atom. The van der Waals surface area contributed by atoms with Crippen LogP contribution in [0.5, 0.6) is 0 Å². The molecule has 0 unspecified atom stereocenters. The van der Waals surface area contributed by atoms with Gasteiger partial charge in [-0.3, -0.25) is 14.9 Å². The number of rotatable bonds is 4. The first-order chi connectivity index (χ1) is 14.6. The molecule has 0 atom stereocenters. The van der Waals surface area contributed by atoms with Crippen LogP contribution >= 0.6 is 0 Å². The zero-order valence-corrected chi connectivity index (χ0v) is 16.6. The van der Waals surface area contributed by atoms with Crippen molar-refractivity contribution in [3.8, 4) is 6.07 Å². The first kappa shape index (κ1) is 22.1. The largest absolute Gasteiger partial charge is 0.416 e. The average Bonchev–Trinajstić information content (AvgIpc) is 2.77. The summed E-state index contributed by atoms with van der Waals surface area (Å²) in [6.45, 7) is 0.619. The Labute approximate surface area is 176 Å². The third-order valence-corrected chi connectivity index (χ3v) is 5.40. The summed E-state index contributed by atoms with van der Waals surface area (Å²) in [5.74, 6) is -0.434. The monoisotopic (exact) mass is 432 g/mol. The fraction of sp³-hybridized carbons (Fsp3) is 0.333. The van der Waals surface area contributed by atoms with Crippen LogP contribution in [0.1, 0.15) is 24.0 Å². The topological polar surface area (TPSA) is 90.5 Å². The number of nitrogens with zero attached hydrogens (tertiary/aromatic N) is 4. The molecule has 1 aliphatic heterocycles. The van der Waals surface area contributed by atoms with Crippen molar-refractivity contribution in [1.82, 2.24) is 0 Å². The molecule has 0 aliphatic carbocycles. The van der Waals surface area contributed by atoms with Crippen LogP contribution in [0.2, 0.25) is 0 Å². The molecule has 162 valence electrons. The molecule has 1 aliphatic rings. The zero-order chi connectivity index (χ0) is 22.8. The summed E-state index contributed by atoms with van der Waals surface area (Å²) in [7, 11) is 1.64. The van der Waals surface area contributed by atoms with Crippen LogP contribution in [-0.2, 0) is 11.0 Å². The minimum atomic E-state index is -4.67. The van der Waals surface area contributed by atoms with Gasteiger partial charge >= 0.3 is 6.18 Å². The number of benzene rings is 2. The SMILES string of the molecule is CN(C(=O)C1CCN(c2ccc(C(F)(F)F)cc2[N+](=O)[O-])CC1)c1ccc(C#N)cc1. The smallest absolute Gasteiger partial charge is 0.366 e. The van der Waals surface area contributed by atoms with E-state index in [4.69, 9.17) is 5.26 Å². The molecule has 1 amide bonds. The molecule has 0 saturated carbocycles. The van der Waals surface area contributed by atoms with Gasteiger partial charge in [0.05, 0.1) is 22.1 Å². The Bertz CT molecular complexity index is 1020. The minimum Gasteiger partial charge on any atom is -0.366 e. The van der Waals surface area contributed by atoms with Crippen molar-refractivity contribution in [2.45, 2.75) is 19.0 Å². The molecular weight excluding hydrogens is 413 g/mol. The molecule has 2 aromatic carbocycles. The second-order valence-electron chi connectivity index (χ2n) is 7.28. The second-order valence-corrected chi connectivity index (χ2v) is 7.28. The number of carbonyl (C=O) groups is 1. The molecule has 1 saturated heterocycles. The molecule has 1 fully saturated rings. The van der Waals surface area contributed by atoms with E-state index in [1.165, 1.54) is 4.90 Å². The van der Waals surface area contributed by atoms with Gasteiger partial charge in [-0.05, 0) is 49.2 Å². The highest BCUT2D eigenvalue weighted by Gasteiger charge is 2.35. The molecule has 0 N–H and O–H groups in total. The number of alkyl halides is 3. The molecule has 1 heterocycles. The number of hydrogen-bond donors (Lipinski definition) is 0. The quantitative estimate of drug-likeness (QED) is 0.529. The van der Waals surface area contributed by atoms with Gasteiger partial charge < -0.3 is 9.80 Å². The number of nitriles is 1. The third kappa shape index (κ3) is 4.77. The molecule has 2 aromatic rings. The van der Waals surface area contributed by atoms with Crippen molar-refractivity contribution in [3.05, 3.63) is 63.7 Å².